The molecule has 0 unspecified atom stereocenters. The zero-order valence-electron chi connectivity index (χ0n) is 13.3. The second-order valence-corrected chi connectivity index (χ2v) is 6.66. The lowest BCUT2D eigenvalue weighted by Gasteiger charge is -2.07. The van der Waals surface area contributed by atoms with Crippen LogP contribution in [0.2, 0.25) is 0 Å². The van der Waals surface area contributed by atoms with E-state index in [2.05, 4.69) is 9.95 Å². The summed E-state index contributed by atoms with van der Waals surface area (Å²) in [4.78, 5) is 5.77. The van der Waals surface area contributed by atoms with E-state index in [0.29, 0.717) is 6.04 Å². The highest BCUT2D eigenvalue weighted by molar-refractivity contribution is 7.07. The highest BCUT2D eigenvalue weighted by atomic mass is 32.1. The minimum atomic E-state index is -0.213. The first kappa shape index (κ1) is 15.1. The van der Waals surface area contributed by atoms with Crippen molar-refractivity contribution in [3.8, 4) is 17.0 Å². The SMILES string of the molecule is COc1ccc(N=c2scc(-c3ccc(F)cc3)n2C2CC2)cc1. The number of hydrogen-bond acceptors (Lipinski definition) is 3. The molecular weight excluding hydrogens is 323 g/mol. The van der Waals surface area contributed by atoms with E-state index in [4.69, 9.17) is 9.73 Å². The molecular formula is C19H17FN2OS. The number of nitrogens with zero attached hydrogens (tertiary/aromatic N) is 2. The standard InChI is InChI=1S/C19H17FN2OS/c1-23-17-10-6-15(7-11-17)21-19-22(16-8-9-16)18(12-24-19)13-2-4-14(20)5-3-13/h2-7,10-12,16H,8-9H2,1H3. The molecule has 1 aromatic heterocycles. The maximum absolute atomic E-state index is 13.2. The van der Waals surface area contributed by atoms with E-state index in [1.807, 2.05) is 36.4 Å². The van der Waals surface area contributed by atoms with Gasteiger partial charge >= 0.3 is 0 Å². The molecule has 1 saturated carbocycles. The van der Waals surface area contributed by atoms with Gasteiger partial charge in [0, 0.05) is 11.4 Å². The molecule has 0 amide bonds. The van der Waals surface area contributed by atoms with E-state index in [1.54, 1.807) is 18.4 Å². The topological polar surface area (TPSA) is 26.5 Å². The van der Waals surface area contributed by atoms with Gasteiger partial charge in [-0.25, -0.2) is 9.38 Å². The summed E-state index contributed by atoms with van der Waals surface area (Å²) in [5.74, 6) is 0.609. The minimum absolute atomic E-state index is 0.213. The maximum atomic E-state index is 13.2. The van der Waals surface area contributed by atoms with Crippen LogP contribution in [0.1, 0.15) is 18.9 Å². The Morgan fingerprint density at radius 2 is 1.79 bits per heavy atom. The van der Waals surface area contributed by atoms with Crippen LogP contribution in [0.25, 0.3) is 11.3 Å². The van der Waals surface area contributed by atoms with Gasteiger partial charge in [-0.3, -0.25) is 0 Å². The molecule has 122 valence electrons. The second kappa shape index (κ2) is 6.24. The van der Waals surface area contributed by atoms with Crippen molar-refractivity contribution in [2.24, 2.45) is 4.99 Å². The van der Waals surface area contributed by atoms with Gasteiger partial charge < -0.3 is 9.30 Å². The van der Waals surface area contributed by atoms with Crippen molar-refractivity contribution < 1.29 is 9.13 Å². The van der Waals surface area contributed by atoms with Gasteiger partial charge in [-0.1, -0.05) is 0 Å². The molecule has 0 radical (unpaired) electrons. The van der Waals surface area contributed by atoms with Crippen LogP contribution < -0.4 is 9.54 Å². The zero-order chi connectivity index (χ0) is 16.5. The molecule has 1 heterocycles. The normalized spacial score (nSPS) is 14.8. The predicted molar refractivity (Wildman–Crippen MR) is 94.2 cm³/mol. The maximum Gasteiger partial charge on any atom is 0.190 e. The molecule has 0 saturated heterocycles. The van der Waals surface area contributed by atoms with Gasteiger partial charge in [0.15, 0.2) is 4.80 Å². The molecule has 0 atom stereocenters. The predicted octanol–water partition coefficient (Wildman–Crippen LogP) is 4.93. The van der Waals surface area contributed by atoms with Crippen LogP contribution in [0.4, 0.5) is 10.1 Å². The van der Waals surface area contributed by atoms with Gasteiger partial charge in [0.25, 0.3) is 0 Å². The Balaban J connectivity index is 1.78. The summed E-state index contributed by atoms with van der Waals surface area (Å²) in [6, 6.07) is 14.9. The van der Waals surface area contributed by atoms with E-state index in [1.165, 1.54) is 25.0 Å². The molecule has 24 heavy (non-hydrogen) atoms. The molecule has 0 aliphatic heterocycles. The summed E-state index contributed by atoms with van der Waals surface area (Å²) in [7, 11) is 1.65. The molecule has 5 heteroatoms. The van der Waals surface area contributed by atoms with Gasteiger partial charge in [0.05, 0.1) is 18.5 Å². The third-order valence-corrected chi connectivity index (χ3v) is 4.93. The smallest absolute Gasteiger partial charge is 0.190 e. The van der Waals surface area contributed by atoms with Crippen LogP contribution in [0.5, 0.6) is 5.75 Å². The van der Waals surface area contributed by atoms with Crippen LogP contribution in [-0.2, 0) is 0 Å². The third kappa shape index (κ3) is 2.99. The van der Waals surface area contributed by atoms with E-state index in [9.17, 15) is 4.39 Å². The monoisotopic (exact) mass is 340 g/mol. The molecule has 0 N–H and O–H groups in total. The Kier molecular flexibility index (Phi) is 3.94. The molecule has 2 aromatic carbocycles. The van der Waals surface area contributed by atoms with Crippen LogP contribution in [0, 0.1) is 5.82 Å². The molecule has 0 spiro atoms. The van der Waals surface area contributed by atoms with Gasteiger partial charge in [0.2, 0.25) is 0 Å². The zero-order valence-corrected chi connectivity index (χ0v) is 14.1. The fourth-order valence-corrected chi connectivity index (χ4v) is 3.67. The van der Waals surface area contributed by atoms with E-state index >= 15 is 0 Å². The van der Waals surface area contributed by atoms with Crippen molar-refractivity contribution in [3.63, 3.8) is 0 Å². The van der Waals surface area contributed by atoms with Crippen LogP contribution in [0.3, 0.4) is 0 Å². The first-order valence-electron chi connectivity index (χ1n) is 7.89. The average molecular weight is 340 g/mol. The molecule has 4 rings (SSSR count). The van der Waals surface area contributed by atoms with Crippen molar-refractivity contribution in [1.29, 1.82) is 0 Å². The fourth-order valence-electron chi connectivity index (χ4n) is 2.69. The highest BCUT2D eigenvalue weighted by Crippen LogP contribution is 2.38. The van der Waals surface area contributed by atoms with E-state index in [0.717, 1.165) is 27.5 Å². The molecule has 1 aliphatic rings. The Hall–Kier alpha value is -2.40. The highest BCUT2D eigenvalue weighted by Gasteiger charge is 2.27. The van der Waals surface area contributed by atoms with Crippen molar-refractivity contribution in [2.45, 2.75) is 18.9 Å². The Morgan fingerprint density at radius 1 is 1.08 bits per heavy atom. The van der Waals surface area contributed by atoms with Crippen LogP contribution in [0.15, 0.2) is 58.9 Å². The van der Waals surface area contributed by atoms with Crippen molar-refractivity contribution in [1.82, 2.24) is 4.57 Å². The van der Waals surface area contributed by atoms with Crippen LogP contribution in [-0.4, -0.2) is 11.7 Å². The van der Waals surface area contributed by atoms with Gasteiger partial charge in [-0.05, 0) is 66.9 Å². The quantitative estimate of drug-likeness (QED) is 0.661. The number of thiazole rings is 1. The van der Waals surface area contributed by atoms with Gasteiger partial charge in [-0.2, -0.15) is 0 Å². The first-order chi connectivity index (χ1) is 11.7. The van der Waals surface area contributed by atoms with Gasteiger partial charge in [0.1, 0.15) is 11.6 Å². The second-order valence-electron chi connectivity index (χ2n) is 5.82. The van der Waals surface area contributed by atoms with Crippen molar-refractivity contribution in [3.05, 3.63) is 64.5 Å². The summed E-state index contributed by atoms with van der Waals surface area (Å²) in [5, 5.41) is 2.11. The number of halogens is 1. The average Bonchev–Trinajstić information content (AvgIpc) is 3.37. The number of hydrogen-bond donors (Lipinski definition) is 0. The first-order valence-corrected chi connectivity index (χ1v) is 8.77. The Labute approximate surface area is 143 Å². The summed E-state index contributed by atoms with van der Waals surface area (Å²) >= 11 is 1.62. The van der Waals surface area contributed by atoms with Crippen LogP contribution >= 0.6 is 11.3 Å². The molecule has 3 nitrogen and oxygen atoms in total. The largest absolute Gasteiger partial charge is 0.497 e. The number of aromatic nitrogens is 1. The van der Waals surface area contributed by atoms with E-state index in [-0.39, 0.29) is 5.82 Å². The lowest BCUT2D eigenvalue weighted by Crippen LogP contribution is -2.14. The van der Waals surface area contributed by atoms with Crippen molar-refractivity contribution in [2.75, 3.05) is 7.11 Å². The molecule has 1 aliphatic carbocycles. The summed E-state index contributed by atoms with van der Waals surface area (Å²) < 4.78 is 20.7. The molecule has 1 fully saturated rings. The summed E-state index contributed by atoms with van der Waals surface area (Å²) in [6.07, 6.45) is 2.33. The Bertz CT molecular complexity index is 906. The molecule has 0 bridgehead atoms. The number of rotatable bonds is 4. The van der Waals surface area contributed by atoms with E-state index < -0.39 is 0 Å². The number of methoxy groups -OCH3 is 1. The lowest BCUT2D eigenvalue weighted by atomic mass is 10.1. The minimum Gasteiger partial charge on any atom is -0.497 e. The third-order valence-electron chi connectivity index (χ3n) is 4.09. The van der Waals surface area contributed by atoms with Crippen molar-refractivity contribution >= 4 is 17.0 Å². The number of ether oxygens (including phenoxy) is 1. The molecule has 3 aromatic rings. The Morgan fingerprint density at radius 3 is 2.42 bits per heavy atom. The summed E-state index contributed by atoms with van der Waals surface area (Å²) in [6.45, 7) is 0. The summed E-state index contributed by atoms with van der Waals surface area (Å²) in [5.41, 5.74) is 3.03. The van der Waals surface area contributed by atoms with Gasteiger partial charge in [-0.15, -0.1) is 11.3 Å². The lowest BCUT2D eigenvalue weighted by molar-refractivity contribution is 0.415. The fraction of sp³-hybridized carbons (Fsp3) is 0.211. The number of benzene rings is 2.